The number of pyridine rings is 1. The Morgan fingerprint density at radius 1 is 1.02 bits per heavy atom. The van der Waals surface area contributed by atoms with Crippen LogP contribution in [-0.4, -0.2) is 48.2 Å². The molecule has 5 heterocycles. The molecule has 0 aliphatic carbocycles. The number of amides is 3. The van der Waals surface area contributed by atoms with E-state index in [4.69, 9.17) is 4.74 Å². The SMILES string of the molecule is C[C@@H]1C[C@@H](C(=O)NCc2cc3cnc(NC(=O)OC(C)(C)C)cc3s2)n2c1ncc(NC(=O)c1nnc(-c3ccccc3)s1)c2=O. The van der Waals surface area contributed by atoms with Crippen LogP contribution in [-0.2, 0) is 16.1 Å². The fraction of sp³-hybridized carbons (Fsp3) is 0.290. The minimum atomic E-state index is -0.797. The lowest BCUT2D eigenvalue weighted by Gasteiger charge is -2.19. The molecule has 46 heavy (non-hydrogen) atoms. The number of carbonyl (C=O) groups excluding carboxylic acids is 3. The lowest BCUT2D eigenvalue weighted by molar-refractivity contribution is -0.124. The summed E-state index contributed by atoms with van der Waals surface area (Å²) in [5, 5.41) is 17.8. The normalized spacial score (nSPS) is 15.7. The van der Waals surface area contributed by atoms with E-state index in [1.165, 1.54) is 22.1 Å². The van der Waals surface area contributed by atoms with Gasteiger partial charge in [-0.1, -0.05) is 48.6 Å². The number of fused-ring (bicyclic) bond motifs is 2. The molecular weight excluding hydrogens is 629 g/mol. The van der Waals surface area contributed by atoms with Crippen LogP contribution in [0.15, 0.2) is 59.7 Å². The van der Waals surface area contributed by atoms with Gasteiger partial charge in [0, 0.05) is 32.6 Å². The van der Waals surface area contributed by atoms with Crippen LogP contribution in [0.5, 0.6) is 0 Å². The second-order valence-electron chi connectivity index (χ2n) is 11.8. The zero-order valence-corrected chi connectivity index (χ0v) is 27.0. The van der Waals surface area contributed by atoms with Crippen LogP contribution in [0.3, 0.4) is 0 Å². The molecule has 1 aliphatic rings. The maximum Gasteiger partial charge on any atom is 0.413 e. The molecule has 0 saturated heterocycles. The van der Waals surface area contributed by atoms with Crippen molar-refractivity contribution >= 4 is 62.2 Å². The van der Waals surface area contributed by atoms with Crippen molar-refractivity contribution in [3.05, 3.63) is 80.9 Å². The lowest BCUT2D eigenvalue weighted by atomic mass is 10.1. The average Bonchev–Trinajstić information content (AvgIpc) is 3.74. The molecule has 0 fully saturated rings. The summed E-state index contributed by atoms with van der Waals surface area (Å²) in [6.45, 7) is 7.47. The molecule has 15 heteroatoms. The summed E-state index contributed by atoms with van der Waals surface area (Å²) in [7, 11) is 0. The molecule has 6 rings (SSSR count). The van der Waals surface area contributed by atoms with Gasteiger partial charge in [-0.15, -0.1) is 21.5 Å². The van der Waals surface area contributed by atoms with E-state index in [0.29, 0.717) is 23.1 Å². The fourth-order valence-electron chi connectivity index (χ4n) is 5.04. The Morgan fingerprint density at radius 2 is 1.80 bits per heavy atom. The van der Waals surface area contributed by atoms with Crippen LogP contribution >= 0.6 is 22.7 Å². The summed E-state index contributed by atoms with van der Waals surface area (Å²) in [6.07, 6.45) is 2.75. The van der Waals surface area contributed by atoms with Crippen molar-refractivity contribution in [3.63, 3.8) is 0 Å². The van der Waals surface area contributed by atoms with Crippen LogP contribution < -0.4 is 21.5 Å². The first kappa shape index (κ1) is 31.0. The van der Waals surface area contributed by atoms with E-state index >= 15 is 0 Å². The molecule has 0 unspecified atom stereocenters. The van der Waals surface area contributed by atoms with Crippen molar-refractivity contribution in [1.29, 1.82) is 0 Å². The van der Waals surface area contributed by atoms with E-state index in [0.717, 1.165) is 31.9 Å². The highest BCUT2D eigenvalue weighted by molar-refractivity contribution is 7.19. The molecule has 2 atom stereocenters. The molecule has 0 spiro atoms. The van der Waals surface area contributed by atoms with E-state index in [2.05, 4.69) is 36.1 Å². The molecule has 1 aromatic carbocycles. The van der Waals surface area contributed by atoms with Crippen LogP contribution in [0.25, 0.3) is 20.7 Å². The summed E-state index contributed by atoms with van der Waals surface area (Å²) in [6, 6.07) is 12.2. The molecule has 0 radical (unpaired) electrons. The van der Waals surface area contributed by atoms with Crippen LogP contribution in [0.1, 0.15) is 66.6 Å². The summed E-state index contributed by atoms with van der Waals surface area (Å²) in [4.78, 5) is 61.6. The topological polar surface area (TPSA) is 170 Å². The number of anilines is 2. The number of thiophene rings is 1. The average molecular weight is 659 g/mol. The van der Waals surface area contributed by atoms with E-state index in [1.54, 1.807) is 33.0 Å². The highest BCUT2D eigenvalue weighted by Gasteiger charge is 2.36. The largest absolute Gasteiger partial charge is 0.444 e. The number of carbonyl (C=O) groups is 3. The Kier molecular flexibility index (Phi) is 8.35. The monoisotopic (exact) mass is 658 g/mol. The third-order valence-corrected chi connectivity index (χ3v) is 9.13. The summed E-state index contributed by atoms with van der Waals surface area (Å²) in [5.41, 5.74) is -0.379. The number of aromatic nitrogens is 5. The highest BCUT2D eigenvalue weighted by Crippen LogP contribution is 2.34. The zero-order valence-electron chi connectivity index (χ0n) is 25.4. The fourth-order valence-corrected chi connectivity index (χ4v) is 6.79. The number of ether oxygens (including phenoxy) is 1. The summed E-state index contributed by atoms with van der Waals surface area (Å²) < 4.78 is 7.52. The zero-order chi connectivity index (χ0) is 32.6. The first-order chi connectivity index (χ1) is 21.9. The van der Waals surface area contributed by atoms with Gasteiger partial charge in [-0.3, -0.25) is 24.3 Å². The number of hydrogen-bond donors (Lipinski definition) is 3. The number of rotatable bonds is 7. The first-order valence-corrected chi connectivity index (χ1v) is 16.1. The van der Waals surface area contributed by atoms with Crippen LogP contribution in [0.2, 0.25) is 0 Å². The van der Waals surface area contributed by atoms with Gasteiger partial charge in [0.05, 0.1) is 12.7 Å². The standard InChI is InChI=1S/C31H30N8O5S2/c1-16-10-21(25(40)34-14-19-11-18-13-32-23(12-22(18)45-19)36-30(43)44-31(2,3)4)39-24(16)33-15-20(29(39)42)35-26(41)28-38-37-27(46-28)17-8-6-5-7-9-17/h5-9,11-13,15-16,21H,10,14H2,1-4H3,(H,34,40)(H,35,41)(H,32,36,43)/t16-,21+/m1/s1. The Morgan fingerprint density at radius 3 is 2.57 bits per heavy atom. The molecule has 5 aromatic rings. The van der Waals surface area contributed by atoms with E-state index in [9.17, 15) is 19.2 Å². The minimum Gasteiger partial charge on any atom is -0.444 e. The second-order valence-corrected chi connectivity index (χ2v) is 13.9. The van der Waals surface area contributed by atoms with Gasteiger partial charge in [-0.25, -0.2) is 14.8 Å². The highest BCUT2D eigenvalue weighted by atomic mass is 32.1. The van der Waals surface area contributed by atoms with Crippen LogP contribution in [0, 0.1) is 0 Å². The van der Waals surface area contributed by atoms with Crippen molar-refractivity contribution < 1.29 is 19.1 Å². The van der Waals surface area contributed by atoms with Crippen LogP contribution in [0.4, 0.5) is 16.3 Å². The minimum absolute atomic E-state index is 0.0510. The van der Waals surface area contributed by atoms with Gasteiger partial charge in [-0.05, 0) is 39.3 Å². The predicted octanol–water partition coefficient (Wildman–Crippen LogP) is 5.34. The number of nitrogens with one attached hydrogen (secondary N) is 3. The molecule has 236 valence electrons. The number of nitrogens with zero attached hydrogens (tertiary/aromatic N) is 5. The van der Waals surface area contributed by atoms with E-state index in [-0.39, 0.29) is 29.1 Å². The third kappa shape index (κ3) is 6.65. The van der Waals surface area contributed by atoms with Crippen molar-refractivity contribution in [1.82, 2.24) is 30.0 Å². The smallest absolute Gasteiger partial charge is 0.413 e. The summed E-state index contributed by atoms with van der Waals surface area (Å²) in [5.74, 6) is -0.236. The first-order valence-electron chi connectivity index (χ1n) is 14.4. The molecule has 4 aromatic heterocycles. The number of hydrogen-bond acceptors (Lipinski definition) is 11. The van der Waals surface area contributed by atoms with Crippen molar-refractivity contribution in [3.8, 4) is 10.6 Å². The Labute approximate surface area is 271 Å². The third-order valence-electron chi connectivity index (χ3n) is 7.06. The van der Waals surface area contributed by atoms with Crippen molar-refractivity contribution in [2.75, 3.05) is 10.6 Å². The van der Waals surface area contributed by atoms with E-state index < -0.39 is 29.2 Å². The van der Waals surface area contributed by atoms with Gasteiger partial charge in [0.15, 0.2) is 0 Å². The van der Waals surface area contributed by atoms with Gasteiger partial charge in [0.25, 0.3) is 11.5 Å². The Balaban J connectivity index is 1.13. The molecule has 3 amide bonds. The van der Waals surface area contributed by atoms with Gasteiger partial charge in [-0.2, -0.15) is 0 Å². The summed E-state index contributed by atoms with van der Waals surface area (Å²) >= 11 is 2.55. The molecule has 1 aliphatic heterocycles. The Hall–Kier alpha value is -5.02. The molecule has 0 saturated carbocycles. The molecule has 0 bridgehead atoms. The number of benzene rings is 1. The Bertz CT molecular complexity index is 2010. The second kappa shape index (κ2) is 12.4. The maximum absolute atomic E-state index is 13.5. The van der Waals surface area contributed by atoms with Gasteiger partial charge >= 0.3 is 6.09 Å². The molecule has 13 nitrogen and oxygen atoms in total. The van der Waals surface area contributed by atoms with Gasteiger partial charge < -0.3 is 15.4 Å². The quantitative estimate of drug-likeness (QED) is 0.209. The predicted molar refractivity (Wildman–Crippen MR) is 175 cm³/mol. The van der Waals surface area contributed by atoms with Crippen molar-refractivity contribution in [2.45, 2.75) is 58.2 Å². The lowest BCUT2D eigenvalue weighted by Crippen LogP contribution is -2.36. The van der Waals surface area contributed by atoms with Gasteiger partial charge in [0.2, 0.25) is 10.9 Å². The van der Waals surface area contributed by atoms with Crippen molar-refractivity contribution in [2.24, 2.45) is 0 Å². The molecular formula is C31H30N8O5S2. The molecule has 3 N–H and O–H groups in total. The van der Waals surface area contributed by atoms with Gasteiger partial charge in [0.1, 0.15) is 34.0 Å². The maximum atomic E-state index is 13.5. The van der Waals surface area contributed by atoms with E-state index in [1.807, 2.05) is 43.3 Å².